The molecular formula is C26H18O2. The Morgan fingerprint density at radius 1 is 0.464 bits per heavy atom. The molecule has 2 heteroatoms. The Morgan fingerprint density at radius 3 is 1.32 bits per heavy atom. The molecule has 0 aliphatic carbocycles. The molecule has 5 aromatic rings. The van der Waals surface area contributed by atoms with Crippen LogP contribution in [0.4, 0.5) is 0 Å². The van der Waals surface area contributed by atoms with Crippen LogP contribution in [0, 0.1) is 0 Å². The molecule has 0 N–H and O–H groups in total. The van der Waals surface area contributed by atoms with Gasteiger partial charge in [-0.25, -0.2) is 0 Å². The quantitative estimate of drug-likeness (QED) is 0.330. The first-order chi connectivity index (χ1) is 13.8. The second kappa shape index (κ2) is 7.09. The van der Waals surface area contributed by atoms with Crippen LogP contribution in [0.25, 0.3) is 46.2 Å². The molecule has 28 heavy (non-hydrogen) atoms. The van der Waals surface area contributed by atoms with Crippen molar-refractivity contribution in [3.05, 3.63) is 108 Å². The summed E-state index contributed by atoms with van der Waals surface area (Å²) in [5.74, 6) is 1.71. The normalized spacial score (nSPS) is 12.0. The summed E-state index contributed by atoms with van der Waals surface area (Å²) in [5.41, 5.74) is 4.07. The second-order valence-corrected chi connectivity index (χ2v) is 6.71. The van der Waals surface area contributed by atoms with E-state index in [0.717, 1.165) is 44.6 Å². The molecule has 0 saturated heterocycles. The van der Waals surface area contributed by atoms with Crippen molar-refractivity contribution in [3.63, 3.8) is 0 Å². The third-order valence-electron chi connectivity index (χ3n) is 4.71. The molecule has 2 nitrogen and oxygen atoms in total. The monoisotopic (exact) mass is 362 g/mol. The first-order valence-electron chi connectivity index (χ1n) is 9.27. The Morgan fingerprint density at radius 2 is 0.893 bits per heavy atom. The lowest BCUT2D eigenvalue weighted by Crippen LogP contribution is -1.74. The van der Waals surface area contributed by atoms with E-state index < -0.39 is 0 Å². The highest BCUT2D eigenvalue weighted by Crippen LogP contribution is 2.22. The molecular weight excluding hydrogens is 344 g/mol. The summed E-state index contributed by atoms with van der Waals surface area (Å²) >= 11 is 0. The number of rotatable bonds is 4. The molecule has 0 aliphatic heterocycles. The molecule has 3 aromatic carbocycles. The zero-order chi connectivity index (χ0) is 18.8. The Kier molecular flexibility index (Phi) is 4.15. The standard InChI is InChI=1S/C26H18O2/c1-3-7-25-21(5-1)17-23(27-25)15-13-19-9-11-20(12-10-19)14-16-24-18-22-6-2-4-8-26(22)28-24/h1-18H. The summed E-state index contributed by atoms with van der Waals surface area (Å²) in [5, 5.41) is 2.24. The van der Waals surface area contributed by atoms with Crippen LogP contribution in [0.5, 0.6) is 0 Å². The second-order valence-electron chi connectivity index (χ2n) is 6.71. The van der Waals surface area contributed by atoms with E-state index >= 15 is 0 Å². The highest BCUT2D eigenvalue weighted by molar-refractivity contribution is 5.83. The van der Waals surface area contributed by atoms with Crippen molar-refractivity contribution in [3.8, 4) is 0 Å². The van der Waals surface area contributed by atoms with Crippen molar-refractivity contribution in [2.75, 3.05) is 0 Å². The fraction of sp³-hybridized carbons (Fsp3) is 0. The van der Waals surface area contributed by atoms with Gasteiger partial charge < -0.3 is 8.83 Å². The SMILES string of the molecule is C(=Cc1cc2ccccc2o1)c1ccc(C=Cc2cc3ccccc3o2)cc1. The fourth-order valence-corrected chi connectivity index (χ4v) is 3.24. The van der Waals surface area contributed by atoms with Gasteiger partial charge >= 0.3 is 0 Å². The van der Waals surface area contributed by atoms with Crippen molar-refractivity contribution in [1.29, 1.82) is 0 Å². The topological polar surface area (TPSA) is 26.3 Å². The van der Waals surface area contributed by atoms with Crippen LogP contribution < -0.4 is 0 Å². The van der Waals surface area contributed by atoms with Crippen LogP contribution in [-0.2, 0) is 0 Å². The molecule has 0 saturated carbocycles. The minimum absolute atomic E-state index is 0.857. The zero-order valence-corrected chi connectivity index (χ0v) is 15.2. The number of hydrogen-bond donors (Lipinski definition) is 0. The van der Waals surface area contributed by atoms with Crippen molar-refractivity contribution in [2.45, 2.75) is 0 Å². The molecule has 0 radical (unpaired) electrons. The Labute approximate surface area is 163 Å². The van der Waals surface area contributed by atoms with E-state index in [1.54, 1.807) is 0 Å². The Bertz CT molecular complexity index is 1130. The minimum Gasteiger partial charge on any atom is -0.457 e. The maximum Gasteiger partial charge on any atom is 0.134 e. The van der Waals surface area contributed by atoms with Crippen molar-refractivity contribution in [2.24, 2.45) is 0 Å². The molecule has 2 heterocycles. The van der Waals surface area contributed by atoms with Gasteiger partial charge in [-0.05, 0) is 47.5 Å². The average molecular weight is 362 g/mol. The summed E-state index contributed by atoms with van der Waals surface area (Å²) in [7, 11) is 0. The number of benzene rings is 3. The summed E-state index contributed by atoms with van der Waals surface area (Å²) < 4.78 is 11.6. The maximum absolute atomic E-state index is 5.82. The van der Waals surface area contributed by atoms with Gasteiger partial charge in [-0.15, -0.1) is 0 Å². The smallest absolute Gasteiger partial charge is 0.134 e. The lowest BCUT2D eigenvalue weighted by Gasteiger charge is -1.95. The number of furan rings is 2. The summed E-state index contributed by atoms with van der Waals surface area (Å²) in [6, 6.07) is 28.6. The van der Waals surface area contributed by atoms with Crippen LogP contribution in [0.2, 0.25) is 0 Å². The predicted octanol–water partition coefficient (Wildman–Crippen LogP) is 7.52. The van der Waals surface area contributed by atoms with Crippen molar-refractivity contribution < 1.29 is 8.83 Å². The molecule has 134 valence electrons. The van der Waals surface area contributed by atoms with Gasteiger partial charge in [-0.1, -0.05) is 72.8 Å². The molecule has 0 aliphatic rings. The first kappa shape index (κ1) is 16.4. The molecule has 0 fully saturated rings. The summed E-state index contributed by atoms with van der Waals surface area (Å²) in [4.78, 5) is 0. The fourth-order valence-electron chi connectivity index (χ4n) is 3.24. The van der Waals surface area contributed by atoms with E-state index in [-0.39, 0.29) is 0 Å². The molecule has 0 bridgehead atoms. The molecule has 0 atom stereocenters. The van der Waals surface area contributed by atoms with Gasteiger partial charge in [-0.2, -0.15) is 0 Å². The van der Waals surface area contributed by atoms with E-state index in [1.165, 1.54) is 0 Å². The van der Waals surface area contributed by atoms with Gasteiger partial charge in [0.05, 0.1) is 0 Å². The van der Waals surface area contributed by atoms with Gasteiger partial charge in [0.15, 0.2) is 0 Å². The van der Waals surface area contributed by atoms with E-state index in [4.69, 9.17) is 8.83 Å². The van der Waals surface area contributed by atoms with E-state index in [0.29, 0.717) is 0 Å². The van der Waals surface area contributed by atoms with E-state index in [1.807, 2.05) is 48.6 Å². The predicted molar refractivity (Wildman–Crippen MR) is 117 cm³/mol. The van der Waals surface area contributed by atoms with Crippen LogP contribution in [-0.4, -0.2) is 0 Å². The molecule has 0 unspecified atom stereocenters. The number of hydrogen-bond acceptors (Lipinski definition) is 2. The maximum atomic E-state index is 5.82. The Hall–Kier alpha value is -3.78. The average Bonchev–Trinajstić information content (AvgIpc) is 3.34. The highest BCUT2D eigenvalue weighted by Gasteiger charge is 2.00. The third-order valence-corrected chi connectivity index (χ3v) is 4.71. The highest BCUT2D eigenvalue weighted by atomic mass is 16.3. The number of fused-ring (bicyclic) bond motifs is 2. The summed E-state index contributed by atoms with van der Waals surface area (Å²) in [6.45, 7) is 0. The van der Waals surface area contributed by atoms with Gasteiger partial charge in [0, 0.05) is 10.8 Å². The molecule has 2 aromatic heterocycles. The largest absolute Gasteiger partial charge is 0.457 e. The molecule has 5 rings (SSSR count). The van der Waals surface area contributed by atoms with Gasteiger partial charge in [0.25, 0.3) is 0 Å². The Balaban J connectivity index is 1.30. The third kappa shape index (κ3) is 3.40. The molecule has 0 amide bonds. The van der Waals surface area contributed by atoms with Crippen LogP contribution in [0.1, 0.15) is 22.6 Å². The lowest BCUT2D eigenvalue weighted by molar-refractivity contribution is 0.604. The zero-order valence-electron chi connectivity index (χ0n) is 15.2. The van der Waals surface area contributed by atoms with Crippen molar-refractivity contribution in [1.82, 2.24) is 0 Å². The van der Waals surface area contributed by atoms with E-state index in [9.17, 15) is 0 Å². The van der Waals surface area contributed by atoms with Crippen LogP contribution in [0.3, 0.4) is 0 Å². The summed E-state index contributed by atoms with van der Waals surface area (Å²) in [6.07, 6.45) is 8.12. The van der Waals surface area contributed by atoms with Crippen molar-refractivity contribution >= 4 is 46.2 Å². The van der Waals surface area contributed by atoms with Crippen LogP contribution in [0.15, 0.2) is 93.8 Å². The first-order valence-corrected chi connectivity index (χ1v) is 9.27. The lowest BCUT2D eigenvalue weighted by atomic mass is 10.1. The molecule has 0 spiro atoms. The number of para-hydroxylation sites is 2. The van der Waals surface area contributed by atoms with Gasteiger partial charge in [0.1, 0.15) is 22.7 Å². The van der Waals surface area contributed by atoms with E-state index in [2.05, 4.69) is 60.7 Å². The van der Waals surface area contributed by atoms with Gasteiger partial charge in [0.2, 0.25) is 0 Å². The minimum atomic E-state index is 0.857. The van der Waals surface area contributed by atoms with Crippen LogP contribution >= 0.6 is 0 Å². The van der Waals surface area contributed by atoms with Gasteiger partial charge in [-0.3, -0.25) is 0 Å².